The summed E-state index contributed by atoms with van der Waals surface area (Å²) in [5, 5.41) is 3.30. The smallest absolute Gasteiger partial charge is 0.291 e. The number of nitrogens with zero attached hydrogens (tertiary/aromatic N) is 1. The predicted octanol–water partition coefficient (Wildman–Crippen LogP) is 3.18. The molecule has 2 amide bonds. The SMILES string of the molecule is O=C1Nc2cc(C(=O)N3CCOCC3)ccc2OC1=Cc1ccccc1Cl. The Balaban J connectivity index is 1.58. The van der Waals surface area contributed by atoms with Gasteiger partial charge < -0.3 is 19.7 Å². The molecule has 2 aliphatic rings. The summed E-state index contributed by atoms with van der Waals surface area (Å²) in [5.74, 6) is 0.139. The lowest BCUT2D eigenvalue weighted by atomic mass is 10.1. The summed E-state index contributed by atoms with van der Waals surface area (Å²) in [5.41, 5.74) is 1.65. The first kappa shape index (κ1) is 17.6. The summed E-state index contributed by atoms with van der Waals surface area (Å²) in [7, 11) is 0. The van der Waals surface area contributed by atoms with Crippen molar-refractivity contribution in [2.24, 2.45) is 0 Å². The van der Waals surface area contributed by atoms with Gasteiger partial charge in [0.05, 0.1) is 18.9 Å². The van der Waals surface area contributed by atoms with Gasteiger partial charge in [-0.25, -0.2) is 0 Å². The minimum atomic E-state index is -0.390. The molecule has 0 saturated carbocycles. The van der Waals surface area contributed by atoms with Crippen LogP contribution in [0.15, 0.2) is 48.2 Å². The number of morpholine rings is 1. The van der Waals surface area contributed by atoms with Crippen LogP contribution in [-0.2, 0) is 9.53 Å². The van der Waals surface area contributed by atoms with E-state index in [2.05, 4.69) is 5.32 Å². The zero-order valence-electron chi connectivity index (χ0n) is 14.4. The molecule has 27 heavy (non-hydrogen) atoms. The van der Waals surface area contributed by atoms with Gasteiger partial charge in [0.1, 0.15) is 0 Å². The van der Waals surface area contributed by atoms with E-state index in [4.69, 9.17) is 21.1 Å². The second-order valence-corrected chi connectivity index (χ2v) is 6.61. The molecule has 4 rings (SSSR count). The van der Waals surface area contributed by atoms with Gasteiger partial charge in [-0.3, -0.25) is 9.59 Å². The largest absolute Gasteiger partial charge is 0.449 e. The number of halogens is 1. The maximum Gasteiger partial charge on any atom is 0.291 e. The summed E-state index contributed by atoms with van der Waals surface area (Å²) in [4.78, 5) is 26.7. The van der Waals surface area contributed by atoms with Crippen molar-refractivity contribution in [3.05, 3.63) is 64.4 Å². The van der Waals surface area contributed by atoms with Crippen LogP contribution in [0.1, 0.15) is 15.9 Å². The Hall–Kier alpha value is -2.83. The van der Waals surface area contributed by atoms with Crippen LogP contribution in [0.2, 0.25) is 5.02 Å². The average molecular weight is 385 g/mol. The first-order valence-corrected chi connectivity index (χ1v) is 8.96. The highest BCUT2D eigenvalue weighted by Crippen LogP contribution is 2.33. The second-order valence-electron chi connectivity index (χ2n) is 6.20. The molecule has 1 N–H and O–H groups in total. The molecule has 1 saturated heterocycles. The first-order chi connectivity index (χ1) is 13.1. The zero-order chi connectivity index (χ0) is 18.8. The number of hydrogen-bond acceptors (Lipinski definition) is 4. The molecule has 0 atom stereocenters. The highest BCUT2D eigenvalue weighted by Gasteiger charge is 2.25. The molecule has 138 valence electrons. The Labute approximate surface area is 161 Å². The van der Waals surface area contributed by atoms with Gasteiger partial charge >= 0.3 is 0 Å². The Morgan fingerprint density at radius 2 is 1.93 bits per heavy atom. The number of hydrogen-bond donors (Lipinski definition) is 1. The van der Waals surface area contributed by atoms with Crippen molar-refractivity contribution in [3.63, 3.8) is 0 Å². The zero-order valence-corrected chi connectivity index (χ0v) is 15.2. The van der Waals surface area contributed by atoms with Gasteiger partial charge in [0.15, 0.2) is 11.5 Å². The molecule has 2 aliphatic heterocycles. The quantitative estimate of drug-likeness (QED) is 0.807. The molecule has 0 unspecified atom stereocenters. The fourth-order valence-corrected chi connectivity index (χ4v) is 3.17. The van der Waals surface area contributed by atoms with Gasteiger partial charge in [-0.1, -0.05) is 29.8 Å². The molecule has 0 aromatic heterocycles. The summed E-state index contributed by atoms with van der Waals surface area (Å²) < 4.78 is 11.0. The molecule has 1 fully saturated rings. The Morgan fingerprint density at radius 1 is 1.15 bits per heavy atom. The summed E-state index contributed by atoms with van der Waals surface area (Å²) in [6, 6.07) is 12.2. The first-order valence-electron chi connectivity index (χ1n) is 8.58. The normalized spacial score (nSPS) is 17.9. The molecule has 2 aromatic carbocycles. The van der Waals surface area contributed by atoms with Crippen molar-refractivity contribution >= 4 is 35.2 Å². The number of nitrogens with one attached hydrogen (secondary N) is 1. The number of carbonyl (C=O) groups is 2. The number of carbonyl (C=O) groups excluding carboxylic acids is 2. The number of amides is 2. The third-order valence-corrected chi connectivity index (χ3v) is 4.75. The highest BCUT2D eigenvalue weighted by molar-refractivity contribution is 6.32. The molecule has 0 bridgehead atoms. The monoisotopic (exact) mass is 384 g/mol. The Morgan fingerprint density at radius 3 is 2.70 bits per heavy atom. The molecule has 2 aromatic rings. The van der Waals surface area contributed by atoms with E-state index < -0.39 is 5.91 Å². The van der Waals surface area contributed by atoms with E-state index in [0.717, 1.165) is 0 Å². The molecule has 0 aliphatic carbocycles. The van der Waals surface area contributed by atoms with Crippen molar-refractivity contribution in [3.8, 4) is 5.75 Å². The Kier molecular flexibility index (Phi) is 4.83. The van der Waals surface area contributed by atoms with Gasteiger partial charge in [0.2, 0.25) is 0 Å². The van der Waals surface area contributed by atoms with Crippen LogP contribution in [0, 0.1) is 0 Å². The predicted molar refractivity (Wildman–Crippen MR) is 102 cm³/mol. The summed E-state index contributed by atoms with van der Waals surface area (Å²) in [6.07, 6.45) is 1.59. The van der Waals surface area contributed by atoms with Crippen LogP contribution >= 0.6 is 11.6 Å². The number of ether oxygens (including phenoxy) is 2. The maximum absolute atomic E-state index is 12.6. The lowest BCUT2D eigenvalue weighted by Gasteiger charge is -2.27. The Bertz CT molecular complexity index is 935. The van der Waals surface area contributed by atoms with Crippen LogP contribution in [-0.4, -0.2) is 43.0 Å². The van der Waals surface area contributed by atoms with E-state index in [1.54, 1.807) is 41.3 Å². The van der Waals surface area contributed by atoms with Crippen LogP contribution in [0.3, 0.4) is 0 Å². The standard InChI is InChI=1S/C20H17ClN2O4/c21-15-4-2-1-3-13(15)12-18-19(24)22-16-11-14(5-6-17(16)27-18)20(25)23-7-9-26-10-8-23/h1-6,11-12H,7-10H2,(H,22,24). The van der Waals surface area contributed by atoms with Crippen LogP contribution < -0.4 is 10.1 Å². The third-order valence-electron chi connectivity index (χ3n) is 4.41. The van der Waals surface area contributed by atoms with Crippen molar-refractivity contribution in [2.45, 2.75) is 0 Å². The van der Waals surface area contributed by atoms with Crippen LogP contribution in [0.4, 0.5) is 5.69 Å². The topological polar surface area (TPSA) is 67.9 Å². The van der Waals surface area contributed by atoms with Gasteiger partial charge in [-0.15, -0.1) is 0 Å². The third kappa shape index (κ3) is 3.67. The second kappa shape index (κ2) is 7.42. The van der Waals surface area contributed by atoms with Gasteiger partial charge in [-0.05, 0) is 35.9 Å². The van der Waals surface area contributed by atoms with E-state index in [1.165, 1.54) is 0 Å². The minimum absolute atomic E-state index is 0.0900. The number of fused-ring (bicyclic) bond motifs is 1. The molecular weight excluding hydrogens is 368 g/mol. The molecule has 0 spiro atoms. The summed E-state index contributed by atoms with van der Waals surface area (Å²) in [6.45, 7) is 2.19. The van der Waals surface area contributed by atoms with Crippen molar-refractivity contribution in [2.75, 3.05) is 31.6 Å². The molecule has 7 heteroatoms. The lowest BCUT2D eigenvalue weighted by Crippen LogP contribution is -2.40. The van der Waals surface area contributed by atoms with Crippen molar-refractivity contribution < 1.29 is 19.1 Å². The van der Waals surface area contributed by atoms with Crippen molar-refractivity contribution in [1.82, 2.24) is 4.90 Å². The average Bonchev–Trinajstić information content (AvgIpc) is 2.70. The minimum Gasteiger partial charge on any atom is -0.449 e. The maximum atomic E-state index is 12.6. The lowest BCUT2D eigenvalue weighted by molar-refractivity contribution is -0.115. The van der Waals surface area contributed by atoms with E-state index in [1.807, 2.05) is 12.1 Å². The van der Waals surface area contributed by atoms with Crippen LogP contribution in [0.5, 0.6) is 5.75 Å². The molecule has 0 radical (unpaired) electrons. The van der Waals surface area contributed by atoms with E-state index in [0.29, 0.717) is 53.9 Å². The summed E-state index contributed by atoms with van der Waals surface area (Å²) >= 11 is 6.14. The van der Waals surface area contributed by atoms with Crippen molar-refractivity contribution in [1.29, 1.82) is 0 Å². The number of benzene rings is 2. The fraction of sp³-hybridized carbons (Fsp3) is 0.200. The fourth-order valence-electron chi connectivity index (χ4n) is 2.98. The van der Waals surface area contributed by atoms with Crippen LogP contribution in [0.25, 0.3) is 6.08 Å². The molecule has 6 nitrogen and oxygen atoms in total. The van der Waals surface area contributed by atoms with Gasteiger partial charge in [-0.2, -0.15) is 0 Å². The van der Waals surface area contributed by atoms with E-state index in [9.17, 15) is 9.59 Å². The molecule has 2 heterocycles. The van der Waals surface area contributed by atoms with Gasteiger partial charge in [0.25, 0.3) is 11.8 Å². The number of rotatable bonds is 2. The molecular formula is C20H17ClN2O4. The van der Waals surface area contributed by atoms with E-state index in [-0.39, 0.29) is 11.7 Å². The number of anilines is 1. The van der Waals surface area contributed by atoms with Gasteiger partial charge in [0, 0.05) is 23.7 Å². The van der Waals surface area contributed by atoms with E-state index >= 15 is 0 Å². The highest BCUT2D eigenvalue weighted by atomic mass is 35.5.